The van der Waals surface area contributed by atoms with Crippen molar-refractivity contribution in [2.45, 2.75) is 6.18 Å². The molecule has 0 aromatic rings. The first kappa shape index (κ1) is 8.80. The summed E-state index contributed by atoms with van der Waals surface area (Å²) < 4.78 is 34.1. The third kappa shape index (κ3) is 2.95. The maximum atomic E-state index is 11.4. The fraction of sp³-hybridized carbons (Fsp3) is 0.250. The van der Waals surface area contributed by atoms with E-state index in [0.29, 0.717) is 0 Å². The number of allylic oxidation sites excluding steroid dienone is 1. The second-order valence-corrected chi connectivity index (χ2v) is 1.44. The van der Waals surface area contributed by atoms with E-state index in [1.54, 1.807) is 0 Å². The van der Waals surface area contributed by atoms with E-state index >= 15 is 0 Å². The average Bonchev–Trinajstić information content (AvgIpc) is 1.60. The highest BCUT2D eigenvalue weighted by Gasteiger charge is 2.31. The lowest BCUT2D eigenvalue weighted by Crippen LogP contribution is -2.20. The normalized spacial score (nSPS) is 13.3. The number of carboxylic acid groups (broad SMARTS) is 1. The molecule has 0 heterocycles. The van der Waals surface area contributed by atoms with Crippen molar-refractivity contribution in [3.63, 3.8) is 0 Å². The highest BCUT2D eigenvalue weighted by Crippen LogP contribution is 2.20. The monoisotopic (exact) mass is 155 g/mol. The molecule has 10 heavy (non-hydrogen) atoms. The summed E-state index contributed by atoms with van der Waals surface area (Å²) in [6.07, 6.45) is -4.85. The van der Waals surface area contributed by atoms with Crippen LogP contribution in [0.1, 0.15) is 0 Å². The van der Waals surface area contributed by atoms with Crippen molar-refractivity contribution >= 4 is 5.97 Å². The van der Waals surface area contributed by atoms with Crippen molar-refractivity contribution in [2.75, 3.05) is 0 Å². The number of rotatable bonds is 1. The molecule has 0 bridgehead atoms. The van der Waals surface area contributed by atoms with Gasteiger partial charge in [-0.05, 0) is 0 Å². The largest absolute Gasteiger partial charge is 0.478 e. The predicted molar refractivity (Wildman–Crippen MR) is 26.0 cm³/mol. The summed E-state index contributed by atoms with van der Waals surface area (Å²) in [5.74, 6) is -1.71. The topological polar surface area (TPSA) is 63.3 Å². The second kappa shape index (κ2) is 2.59. The molecule has 0 radical (unpaired) electrons. The summed E-state index contributed by atoms with van der Waals surface area (Å²) in [6, 6.07) is 0. The number of hydrogen-bond acceptors (Lipinski definition) is 2. The third-order valence-electron chi connectivity index (χ3n) is 0.606. The number of aliphatic carboxylic acids is 1. The Hall–Kier alpha value is -1.20. The molecule has 3 N–H and O–H groups in total. The van der Waals surface area contributed by atoms with Gasteiger partial charge in [0.25, 0.3) is 0 Å². The maximum Gasteiger partial charge on any atom is 0.430 e. The first-order valence-corrected chi connectivity index (χ1v) is 2.11. The van der Waals surface area contributed by atoms with Crippen molar-refractivity contribution < 1.29 is 23.1 Å². The lowest BCUT2D eigenvalue weighted by atomic mass is 10.4. The van der Waals surface area contributed by atoms with Gasteiger partial charge in [0.15, 0.2) is 0 Å². The van der Waals surface area contributed by atoms with Crippen LogP contribution in [0.25, 0.3) is 0 Å². The Balaban J connectivity index is 4.35. The Labute approximate surface area is 53.9 Å². The molecule has 0 amide bonds. The van der Waals surface area contributed by atoms with Crippen LogP contribution in [0.4, 0.5) is 13.2 Å². The first-order valence-electron chi connectivity index (χ1n) is 2.11. The zero-order valence-electron chi connectivity index (χ0n) is 4.64. The number of hydrogen-bond donors (Lipinski definition) is 2. The standard InChI is InChI=1S/C4H4F3NO2/c5-4(6,7)2(8)1-3(9)10/h1H,8H2,(H,9,10)/b2-1-. The molecule has 0 aliphatic carbocycles. The highest BCUT2D eigenvalue weighted by atomic mass is 19.4. The van der Waals surface area contributed by atoms with Crippen molar-refractivity contribution in [3.05, 3.63) is 11.8 Å². The van der Waals surface area contributed by atoms with E-state index in [-0.39, 0.29) is 6.08 Å². The fourth-order valence-corrected chi connectivity index (χ4v) is 0.215. The Morgan fingerprint density at radius 2 is 1.90 bits per heavy atom. The van der Waals surface area contributed by atoms with Crippen molar-refractivity contribution in [2.24, 2.45) is 5.73 Å². The summed E-state index contributed by atoms with van der Waals surface area (Å²) in [6.45, 7) is 0. The molecule has 0 aliphatic rings. The van der Waals surface area contributed by atoms with Crippen molar-refractivity contribution in [1.82, 2.24) is 0 Å². The average molecular weight is 155 g/mol. The van der Waals surface area contributed by atoms with Crippen LogP contribution in [0.3, 0.4) is 0 Å². The molecule has 0 fully saturated rings. The molecule has 0 atom stereocenters. The molecule has 0 aliphatic heterocycles. The fourth-order valence-electron chi connectivity index (χ4n) is 0.215. The van der Waals surface area contributed by atoms with Gasteiger partial charge in [-0.25, -0.2) is 4.79 Å². The molecule has 0 saturated carbocycles. The van der Waals surface area contributed by atoms with E-state index < -0.39 is 17.8 Å². The summed E-state index contributed by atoms with van der Waals surface area (Å²) in [4.78, 5) is 9.60. The molecule has 0 saturated heterocycles. The van der Waals surface area contributed by atoms with E-state index in [1.807, 2.05) is 0 Å². The van der Waals surface area contributed by atoms with E-state index in [9.17, 15) is 18.0 Å². The molecule has 0 unspecified atom stereocenters. The molecule has 3 nitrogen and oxygen atoms in total. The van der Waals surface area contributed by atoms with Gasteiger partial charge < -0.3 is 10.8 Å². The molecule has 0 spiro atoms. The van der Waals surface area contributed by atoms with Gasteiger partial charge in [-0.1, -0.05) is 0 Å². The number of alkyl halides is 3. The van der Waals surface area contributed by atoms with Gasteiger partial charge in [0.2, 0.25) is 0 Å². The van der Waals surface area contributed by atoms with Crippen molar-refractivity contribution in [1.29, 1.82) is 0 Å². The minimum Gasteiger partial charge on any atom is -0.478 e. The minimum atomic E-state index is -4.75. The molecule has 0 aromatic carbocycles. The molecule has 0 rings (SSSR count). The number of carboxylic acids is 1. The van der Waals surface area contributed by atoms with E-state index in [4.69, 9.17) is 5.11 Å². The smallest absolute Gasteiger partial charge is 0.430 e. The molecule has 58 valence electrons. The van der Waals surface area contributed by atoms with Gasteiger partial charge in [0.05, 0.1) is 6.08 Å². The Morgan fingerprint density at radius 1 is 1.50 bits per heavy atom. The Kier molecular flexibility index (Phi) is 2.28. The summed E-state index contributed by atoms with van der Waals surface area (Å²) in [7, 11) is 0. The van der Waals surface area contributed by atoms with Crippen LogP contribution < -0.4 is 5.73 Å². The van der Waals surface area contributed by atoms with Gasteiger partial charge in [0, 0.05) is 0 Å². The minimum absolute atomic E-state index is 0.0972. The zero-order valence-corrected chi connectivity index (χ0v) is 4.64. The maximum absolute atomic E-state index is 11.4. The van der Waals surface area contributed by atoms with Gasteiger partial charge in [0.1, 0.15) is 5.70 Å². The molecular weight excluding hydrogens is 151 g/mol. The molecule has 6 heteroatoms. The van der Waals surface area contributed by atoms with Crippen molar-refractivity contribution in [3.8, 4) is 0 Å². The summed E-state index contributed by atoms with van der Waals surface area (Å²) in [5, 5.41) is 7.79. The predicted octanol–water partition coefficient (Wildman–Crippen LogP) is 0.476. The first-order chi connectivity index (χ1) is 4.34. The number of halogens is 3. The Morgan fingerprint density at radius 3 is 2.00 bits per heavy atom. The van der Waals surface area contributed by atoms with Crippen LogP contribution in [-0.2, 0) is 4.79 Å². The van der Waals surface area contributed by atoms with Gasteiger partial charge in [-0.3, -0.25) is 0 Å². The second-order valence-electron chi connectivity index (χ2n) is 1.44. The van der Waals surface area contributed by atoms with E-state index in [0.717, 1.165) is 0 Å². The van der Waals surface area contributed by atoms with E-state index in [2.05, 4.69) is 5.73 Å². The summed E-state index contributed by atoms with van der Waals surface area (Å²) >= 11 is 0. The van der Waals surface area contributed by atoms with Gasteiger partial charge in [-0.2, -0.15) is 13.2 Å². The zero-order chi connectivity index (χ0) is 8.36. The van der Waals surface area contributed by atoms with E-state index in [1.165, 1.54) is 0 Å². The quantitative estimate of drug-likeness (QED) is 0.541. The van der Waals surface area contributed by atoms with Crippen LogP contribution in [0.2, 0.25) is 0 Å². The van der Waals surface area contributed by atoms with Crippen LogP contribution >= 0.6 is 0 Å². The lowest BCUT2D eigenvalue weighted by molar-refractivity contribution is -0.132. The van der Waals surface area contributed by atoms with Gasteiger partial charge >= 0.3 is 12.1 Å². The third-order valence-corrected chi connectivity index (χ3v) is 0.606. The highest BCUT2D eigenvalue weighted by molar-refractivity contribution is 5.80. The number of carbonyl (C=O) groups is 1. The number of nitrogens with two attached hydrogens (primary N) is 1. The Bertz CT molecular complexity index is 172. The van der Waals surface area contributed by atoms with Crippen LogP contribution in [-0.4, -0.2) is 17.3 Å². The molecular formula is C4H4F3NO2. The SMILES string of the molecule is N/C(=C\C(=O)O)C(F)(F)F. The van der Waals surface area contributed by atoms with Gasteiger partial charge in [-0.15, -0.1) is 0 Å². The summed E-state index contributed by atoms with van der Waals surface area (Å²) in [5.41, 5.74) is 2.70. The van der Waals surface area contributed by atoms with Crippen LogP contribution in [0, 0.1) is 0 Å². The lowest BCUT2D eigenvalue weighted by Gasteiger charge is -2.03. The van der Waals surface area contributed by atoms with Crippen LogP contribution in [0.5, 0.6) is 0 Å². The van der Waals surface area contributed by atoms with Crippen LogP contribution in [0.15, 0.2) is 11.8 Å². The molecule has 0 aromatic heterocycles.